The molecule has 0 spiro atoms. The van der Waals surface area contributed by atoms with Crippen LogP contribution < -0.4 is 0 Å². The summed E-state index contributed by atoms with van der Waals surface area (Å²) < 4.78 is 0. The van der Waals surface area contributed by atoms with E-state index in [2.05, 4.69) is 90.1 Å². The maximum absolute atomic E-state index is 2.56. The van der Waals surface area contributed by atoms with Crippen molar-refractivity contribution in [1.29, 1.82) is 0 Å². The lowest BCUT2D eigenvalue weighted by Gasteiger charge is -2.42. The molecule has 0 aromatic heterocycles. The Morgan fingerprint density at radius 1 is 0.645 bits per heavy atom. The van der Waals surface area contributed by atoms with Gasteiger partial charge < -0.3 is 0 Å². The van der Waals surface area contributed by atoms with Crippen molar-refractivity contribution in [3.05, 3.63) is 81.9 Å². The quantitative estimate of drug-likeness (QED) is 0.405. The SMILES string of the molecule is CCCCC1=C(C)c2ccccc2C1C(C)(C)C1C(CCCC)=C(C)c2ccccc21. The highest BCUT2D eigenvalue weighted by Crippen LogP contribution is 2.62. The second-order valence-electron chi connectivity index (χ2n) is 10.4. The number of rotatable bonds is 8. The number of hydrogen-bond donors (Lipinski definition) is 0. The molecule has 0 bridgehead atoms. The Balaban J connectivity index is 1.86. The highest BCUT2D eigenvalue weighted by Gasteiger charge is 2.48. The monoisotopic (exact) mass is 412 g/mol. The lowest BCUT2D eigenvalue weighted by atomic mass is 9.61. The predicted octanol–water partition coefficient (Wildman–Crippen LogP) is 9.53. The molecule has 4 rings (SSSR count). The van der Waals surface area contributed by atoms with E-state index in [4.69, 9.17) is 0 Å². The molecule has 2 aromatic rings. The van der Waals surface area contributed by atoms with E-state index in [-0.39, 0.29) is 5.41 Å². The molecular weight excluding hydrogens is 372 g/mol. The fraction of sp³-hybridized carbons (Fsp3) is 0.484. The lowest BCUT2D eigenvalue weighted by Crippen LogP contribution is -2.30. The third-order valence-electron chi connectivity index (χ3n) is 8.10. The summed E-state index contributed by atoms with van der Waals surface area (Å²) in [6, 6.07) is 18.5. The minimum atomic E-state index is 0.133. The van der Waals surface area contributed by atoms with E-state index in [1.807, 2.05) is 0 Å². The molecule has 0 saturated heterocycles. The molecule has 0 heteroatoms. The van der Waals surface area contributed by atoms with Crippen molar-refractivity contribution < 1.29 is 0 Å². The molecule has 2 aliphatic carbocycles. The largest absolute Gasteiger partial charge is 0.0654 e. The van der Waals surface area contributed by atoms with E-state index >= 15 is 0 Å². The molecule has 0 radical (unpaired) electrons. The van der Waals surface area contributed by atoms with Gasteiger partial charge in [-0.15, -0.1) is 0 Å². The van der Waals surface area contributed by atoms with Crippen LogP contribution in [0.2, 0.25) is 0 Å². The summed E-state index contributed by atoms with van der Waals surface area (Å²) in [4.78, 5) is 0. The first-order chi connectivity index (χ1) is 14.9. The average Bonchev–Trinajstić information content (AvgIpc) is 3.23. The molecule has 0 aliphatic heterocycles. The molecule has 2 unspecified atom stereocenters. The summed E-state index contributed by atoms with van der Waals surface area (Å²) in [6.45, 7) is 14.5. The summed E-state index contributed by atoms with van der Waals surface area (Å²) in [5.74, 6) is 0.992. The maximum atomic E-state index is 2.56. The minimum absolute atomic E-state index is 0.133. The van der Waals surface area contributed by atoms with E-state index in [1.165, 1.54) is 49.7 Å². The topological polar surface area (TPSA) is 0 Å². The molecule has 0 amide bonds. The van der Waals surface area contributed by atoms with Crippen LogP contribution in [0.3, 0.4) is 0 Å². The van der Waals surface area contributed by atoms with Crippen molar-refractivity contribution in [2.75, 3.05) is 0 Å². The molecular formula is C31H40. The average molecular weight is 413 g/mol. The minimum Gasteiger partial charge on any atom is -0.0654 e. The van der Waals surface area contributed by atoms with Gasteiger partial charge in [0.2, 0.25) is 0 Å². The van der Waals surface area contributed by atoms with Crippen LogP contribution in [0.4, 0.5) is 0 Å². The van der Waals surface area contributed by atoms with Crippen molar-refractivity contribution >= 4 is 11.1 Å². The fourth-order valence-corrected chi connectivity index (χ4v) is 6.60. The normalized spacial score (nSPS) is 20.5. The summed E-state index contributed by atoms with van der Waals surface area (Å²) in [6.07, 6.45) is 7.54. The zero-order valence-corrected chi connectivity index (χ0v) is 20.5. The molecule has 2 atom stereocenters. The number of benzene rings is 2. The van der Waals surface area contributed by atoms with Gasteiger partial charge in [-0.2, -0.15) is 0 Å². The van der Waals surface area contributed by atoms with Crippen LogP contribution >= 0.6 is 0 Å². The molecule has 0 nitrogen and oxygen atoms in total. The van der Waals surface area contributed by atoms with Crippen LogP contribution in [0.25, 0.3) is 11.1 Å². The summed E-state index contributed by atoms with van der Waals surface area (Å²) in [5.41, 5.74) is 12.7. The first-order valence-electron chi connectivity index (χ1n) is 12.5. The van der Waals surface area contributed by atoms with Crippen molar-refractivity contribution in [2.45, 2.75) is 91.9 Å². The van der Waals surface area contributed by atoms with Crippen LogP contribution in [0.15, 0.2) is 59.7 Å². The fourth-order valence-electron chi connectivity index (χ4n) is 6.60. The smallest absolute Gasteiger partial charge is 0.0120 e. The predicted molar refractivity (Wildman–Crippen MR) is 136 cm³/mol. The van der Waals surface area contributed by atoms with E-state index in [9.17, 15) is 0 Å². The number of fused-ring (bicyclic) bond motifs is 2. The van der Waals surface area contributed by atoms with Gasteiger partial charge in [-0.3, -0.25) is 0 Å². The Morgan fingerprint density at radius 3 is 1.42 bits per heavy atom. The van der Waals surface area contributed by atoms with Gasteiger partial charge in [-0.1, -0.05) is 100 Å². The Hall–Kier alpha value is -2.08. The summed E-state index contributed by atoms with van der Waals surface area (Å²) in [7, 11) is 0. The third kappa shape index (κ3) is 3.63. The molecule has 164 valence electrons. The Morgan fingerprint density at radius 2 is 1.03 bits per heavy atom. The van der Waals surface area contributed by atoms with Crippen LogP contribution in [0.1, 0.15) is 114 Å². The van der Waals surface area contributed by atoms with Gasteiger partial charge in [-0.25, -0.2) is 0 Å². The maximum Gasteiger partial charge on any atom is 0.0120 e. The van der Waals surface area contributed by atoms with Crippen LogP contribution in [0, 0.1) is 5.41 Å². The zero-order chi connectivity index (χ0) is 22.2. The molecule has 2 aliphatic rings. The van der Waals surface area contributed by atoms with Gasteiger partial charge in [-0.05, 0) is 78.3 Å². The van der Waals surface area contributed by atoms with Gasteiger partial charge in [0, 0.05) is 11.8 Å². The Labute approximate surface area is 190 Å². The number of hydrogen-bond acceptors (Lipinski definition) is 0. The molecule has 0 N–H and O–H groups in total. The molecule has 0 heterocycles. The Bertz CT molecular complexity index is 932. The molecule has 2 aromatic carbocycles. The molecule has 0 saturated carbocycles. The summed E-state index contributed by atoms with van der Waals surface area (Å²) in [5, 5.41) is 0. The van der Waals surface area contributed by atoms with E-state index in [0.717, 1.165) is 0 Å². The van der Waals surface area contributed by atoms with Gasteiger partial charge >= 0.3 is 0 Å². The molecule has 31 heavy (non-hydrogen) atoms. The van der Waals surface area contributed by atoms with Gasteiger partial charge in [0.15, 0.2) is 0 Å². The second-order valence-corrected chi connectivity index (χ2v) is 10.4. The highest BCUT2D eigenvalue weighted by molar-refractivity contribution is 5.80. The van der Waals surface area contributed by atoms with Crippen LogP contribution in [0.5, 0.6) is 0 Å². The second kappa shape index (κ2) is 8.81. The van der Waals surface area contributed by atoms with E-state index < -0.39 is 0 Å². The number of unbranched alkanes of at least 4 members (excludes halogenated alkanes) is 2. The third-order valence-corrected chi connectivity index (χ3v) is 8.10. The van der Waals surface area contributed by atoms with E-state index in [1.54, 1.807) is 33.4 Å². The van der Waals surface area contributed by atoms with Crippen LogP contribution in [-0.2, 0) is 0 Å². The lowest BCUT2D eigenvalue weighted by molar-refractivity contribution is 0.267. The zero-order valence-electron chi connectivity index (χ0n) is 20.5. The van der Waals surface area contributed by atoms with Gasteiger partial charge in [0.1, 0.15) is 0 Å². The standard InChI is InChI=1S/C31H40/c1-7-9-15-25-21(3)23-17-11-13-19-27(23)29(25)31(5,6)30-26(16-10-8-2)22(4)24-18-12-14-20-28(24)30/h11-14,17-20,29-30H,7-10,15-16H2,1-6H3. The van der Waals surface area contributed by atoms with Gasteiger partial charge in [0.25, 0.3) is 0 Å². The molecule has 0 fully saturated rings. The Kier molecular flexibility index (Phi) is 6.29. The number of allylic oxidation sites excluding steroid dienone is 4. The first-order valence-corrected chi connectivity index (χ1v) is 12.5. The van der Waals surface area contributed by atoms with Crippen molar-refractivity contribution in [3.63, 3.8) is 0 Å². The summed E-state index contributed by atoms with van der Waals surface area (Å²) >= 11 is 0. The van der Waals surface area contributed by atoms with Crippen LogP contribution in [-0.4, -0.2) is 0 Å². The van der Waals surface area contributed by atoms with Crippen molar-refractivity contribution in [1.82, 2.24) is 0 Å². The van der Waals surface area contributed by atoms with Crippen molar-refractivity contribution in [2.24, 2.45) is 5.41 Å². The first kappa shape index (κ1) is 22.1. The highest BCUT2D eigenvalue weighted by atomic mass is 14.5. The van der Waals surface area contributed by atoms with Gasteiger partial charge in [0.05, 0.1) is 0 Å². The van der Waals surface area contributed by atoms with Crippen molar-refractivity contribution in [3.8, 4) is 0 Å². The van der Waals surface area contributed by atoms with E-state index in [0.29, 0.717) is 11.8 Å².